The Morgan fingerprint density at radius 3 is 2.36 bits per heavy atom. The molecule has 5 heteroatoms. The van der Waals surface area contributed by atoms with Crippen molar-refractivity contribution < 1.29 is 13.2 Å². The Kier molecular flexibility index (Phi) is 3.65. The van der Waals surface area contributed by atoms with Crippen molar-refractivity contribution in [1.29, 1.82) is 0 Å². The van der Waals surface area contributed by atoms with Gasteiger partial charge in [0.25, 0.3) is 10.0 Å². The molecule has 25 heavy (non-hydrogen) atoms. The summed E-state index contributed by atoms with van der Waals surface area (Å²) in [4.78, 5) is 0.348. The molecule has 0 bridgehead atoms. The Morgan fingerprint density at radius 2 is 1.76 bits per heavy atom. The molecule has 1 aliphatic heterocycles. The molecule has 2 aromatic rings. The van der Waals surface area contributed by atoms with Gasteiger partial charge in [-0.1, -0.05) is 35.9 Å². The summed E-state index contributed by atoms with van der Waals surface area (Å²) in [6.07, 6.45) is 4.77. The zero-order valence-corrected chi connectivity index (χ0v) is 15.2. The Labute approximate surface area is 148 Å². The number of aryl methyl sites for hydroxylation is 1. The Morgan fingerprint density at radius 1 is 1.08 bits per heavy atom. The molecule has 2 atom stereocenters. The highest BCUT2D eigenvalue weighted by atomic mass is 32.2. The van der Waals surface area contributed by atoms with Gasteiger partial charge in [-0.3, -0.25) is 4.31 Å². The molecule has 0 amide bonds. The Bertz CT molecular complexity index is 916. The van der Waals surface area contributed by atoms with Crippen LogP contribution in [-0.4, -0.2) is 26.4 Å². The van der Waals surface area contributed by atoms with Crippen molar-refractivity contribution in [2.75, 3.05) is 13.7 Å². The number of allylic oxidation sites excluding steroid dienone is 1. The largest absolute Gasteiger partial charge is 0.497 e. The third-order valence-corrected chi connectivity index (χ3v) is 7.10. The summed E-state index contributed by atoms with van der Waals surface area (Å²) >= 11 is 0. The average molecular weight is 355 g/mol. The van der Waals surface area contributed by atoms with Crippen LogP contribution in [0.1, 0.15) is 17.5 Å². The van der Waals surface area contributed by atoms with E-state index >= 15 is 0 Å². The minimum absolute atomic E-state index is 0.0223. The first-order valence-electron chi connectivity index (χ1n) is 8.38. The molecular formula is C20H21NO3S. The van der Waals surface area contributed by atoms with Crippen LogP contribution in [0.15, 0.2) is 65.7 Å². The van der Waals surface area contributed by atoms with Crippen LogP contribution >= 0.6 is 0 Å². The first-order valence-corrected chi connectivity index (χ1v) is 9.82. The lowest BCUT2D eigenvalue weighted by Crippen LogP contribution is -2.32. The lowest BCUT2D eigenvalue weighted by Gasteiger charge is -2.27. The summed E-state index contributed by atoms with van der Waals surface area (Å²) in [6.45, 7) is 2.48. The second-order valence-corrected chi connectivity index (χ2v) is 8.76. The zero-order chi connectivity index (χ0) is 17.7. The van der Waals surface area contributed by atoms with Gasteiger partial charge in [0, 0.05) is 18.2 Å². The number of ether oxygens (including phenoxy) is 1. The van der Waals surface area contributed by atoms with Crippen molar-refractivity contribution in [2.45, 2.75) is 23.7 Å². The van der Waals surface area contributed by atoms with Gasteiger partial charge in [0.1, 0.15) is 5.75 Å². The molecule has 0 N–H and O–H groups in total. The fourth-order valence-electron chi connectivity index (χ4n) is 3.65. The van der Waals surface area contributed by atoms with Gasteiger partial charge in [0.15, 0.2) is 0 Å². The van der Waals surface area contributed by atoms with Gasteiger partial charge in [-0.25, -0.2) is 8.42 Å². The predicted molar refractivity (Wildman–Crippen MR) is 97.0 cm³/mol. The van der Waals surface area contributed by atoms with Crippen LogP contribution in [0.3, 0.4) is 0 Å². The Balaban J connectivity index is 1.60. The minimum Gasteiger partial charge on any atom is -0.497 e. The van der Waals surface area contributed by atoms with E-state index in [4.69, 9.17) is 4.74 Å². The lowest BCUT2D eigenvalue weighted by molar-refractivity contribution is 0.414. The second kappa shape index (κ2) is 5.63. The molecular weight excluding hydrogens is 334 g/mol. The first-order chi connectivity index (χ1) is 12.0. The molecule has 130 valence electrons. The molecule has 0 spiro atoms. The van der Waals surface area contributed by atoms with E-state index in [9.17, 15) is 8.42 Å². The number of methoxy groups -OCH3 is 1. The van der Waals surface area contributed by atoms with Crippen LogP contribution < -0.4 is 4.74 Å². The molecule has 1 heterocycles. The maximum absolute atomic E-state index is 12.8. The summed E-state index contributed by atoms with van der Waals surface area (Å²) in [7, 11) is -1.82. The van der Waals surface area contributed by atoms with Crippen molar-refractivity contribution in [3.8, 4) is 5.75 Å². The van der Waals surface area contributed by atoms with Crippen molar-refractivity contribution in [3.63, 3.8) is 0 Å². The van der Waals surface area contributed by atoms with Crippen LogP contribution in [0, 0.1) is 12.8 Å². The highest BCUT2D eigenvalue weighted by Crippen LogP contribution is 2.58. The van der Waals surface area contributed by atoms with Gasteiger partial charge in [-0.2, -0.15) is 0 Å². The van der Waals surface area contributed by atoms with Gasteiger partial charge in [-0.05, 0) is 49.1 Å². The standard InChI is InChI=1S/C20H21NO3S/c1-15-3-9-19(10-4-15)25(22,23)21-12-11-20(13-17(20)14-21)16-5-7-18(24-2)8-6-16/h3-12,17H,13-14H2,1-2H3. The van der Waals surface area contributed by atoms with Gasteiger partial charge in [0.2, 0.25) is 0 Å². The van der Waals surface area contributed by atoms with E-state index in [1.165, 1.54) is 9.87 Å². The normalized spacial score (nSPS) is 24.7. The third kappa shape index (κ3) is 2.63. The third-order valence-electron chi connectivity index (χ3n) is 5.35. The van der Waals surface area contributed by atoms with Crippen molar-refractivity contribution in [2.24, 2.45) is 5.92 Å². The molecule has 1 aliphatic carbocycles. The lowest BCUT2D eigenvalue weighted by atomic mass is 9.92. The molecule has 4 nitrogen and oxygen atoms in total. The molecule has 2 unspecified atom stereocenters. The van der Waals surface area contributed by atoms with E-state index < -0.39 is 10.0 Å². The quantitative estimate of drug-likeness (QED) is 0.843. The van der Waals surface area contributed by atoms with E-state index in [2.05, 4.69) is 18.2 Å². The number of hydrogen-bond acceptors (Lipinski definition) is 3. The summed E-state index contributed by atoms with van der Waals surface area (Å²) in [5.74, 6) is 1.16. The first kappa shape index (κ1) is 16.2. The molecule has 0 radical (unpaired) electrons. The average Bonchev–Trinajstić information content (AvgIpc) is 3.37. The fraction of sp³-hybridized carbons (Fsp3) is 0.300. The number of hydrogen-bond donors (Lipinski definition) is 0. The van der Waals surface area contributed by atoms with Gasteiger partial charge in [0.05, 0.1) is 12.0 Å². The summed E-state index contributed by atoms with van der Waals surface area (Å²) in [5.41, 5.74) is 2.25. The molecule has 0 saturated heterocycles. The van der Waals surface area contributed by atoms with E-state index in [-0.39, 0.29) is 5.41 Å². The van der Waals surface area contributed by atoms with Crippen LogP contribution in [0.2, 0.25) is 0 Å². The van der Waals surface area contributed by atoms with E-state index in [1.807, 2.05) is 31.2 Å². The van der Waals surface area contributed by atoms with Gasteiger partial charge < -0.3 is 4.74 Å². The summed E-state index contributed by atoms with van der Waals surface area (Å²) in [5, 5.41) is 0. The number of benzene rings is 2. The van der Waals surface area contributed by atoms with Crippen LogP contribution in [0.5, 0.6) is 5.75 Å². The predicted octanol–water partition coefficient (Wildman–Crippen LogP) is 3.48. The number of fused-ring (bicyclic) bond motifs is 1. The maximum atomic E-state index is 12.8. The highest BCUT2D eigenvalue weighted by molar-refractivity contribution is 7.89. The number of nitrogens with zero attached hydrogens (tertiary/aromatic N) is 1. The van der Waals surface area contributed by atoms with E-state index in [1.54, 1.807) is 25.4 Å². The molecule has 2 aliphatic rings. The monoisotopic (exact) mass is 355 g/mol. The zero-order valence-electron chi connectivity index (χ0n) is 14.3. The SMILES string of the molecule is COc1ccc(C23C=CN(S(=O)(=O)c4ccc(C)cc4)CC2C3)cc1. The van der Waals surface area contributed by atoms with Crippen LogP contribution in [0.4, 0.5) is 0 Å². The molecule has 4 rings (SSSR count). The molecule has 2 aromatic carbocycles. The van der Waals surface area contributed by atoms with Crippen molar-refractivity contribution >= 4 is 10.0 Å². The smallest absolute Gasteiger partial charge is 0.263 e. The van der Waals surface area contributed by atoms with Gasteiger partial charge in [-0.15, -0.1) is 0 Å². The van der Waals surface area contributed by atoms with E-state index in [0.29, 0.717) is 17.4 Å². The van der Waals surface area contributed by atoms with Gasteiger partial charge >= 0.3 is 0 Å². The number of rotatable bonds is 4. The van der Waals surface area contributed by atoms with Crippen molar-refractivity contribution in [1.82, 2.24) is 4.31 Å². The summed E-state index contributed by atoms with van der Waals surface area (Å²) in [6, 6.07) is 15.1. The second-order valence-electron chi connectivity index (χ2n) is 6.87. The topological polar surface area (TPSA) is 46.6 Å². The highest BCUT2D eigenvalue weighted by Gasteiger charge is 2.56. The molecule has 1 saturated carbocycles. The van der Waals surface area contributed by atoms with E-state index in [0.717, 1.165) is 17.7 Å². The Hall–Kier alpha value is -2.27. The van der Waals surface area contributed by atoms with Crippen LogP contribution in [0.25, 0.3) is 0 Å². The number of sulfonamides is 1. The van der Waals surface area contributed by atoms with Crippen molar-refractivity contribution in [3.05, 3.63) is 71.9 Å². The van der Waals surface area contributed by atoms with Crippen LogP contribution in [-0.2, 0) is 15.4 Å². The fourth-order valence-corrected chi connectivity index (χ4v) is 5.00. The minimum atomic E-state index is -3.48. The summed E-state index contributed by atoms with van der Waals surface area (Å²) < 4.78 is 32.4. The molecule has 1 fully saturated rings. The maximum Gasteiger partial charge on any atom is 0.263 e. The molecule has 0 aromatic heterocycles.